The summed E-state index contributed by atoms with van der Waals surface area (Å²) < 4.78 is 9.19. The zero-order valence-corrected chi connectivity index (χ0v) is 31.2. The van der Waals surface area contributed by atoms with Gasteiger partial charge < -0.3 is 14.2 Å². The Balaban J connectivity index is 1.03. The number of benzene rings is 9. The summed E-state index contributed by atoms with van der Waals surface area (Å²) in [6.45, 7) is 0. The zero-order valence-electron chi connectivity index (χ0n) is 30.3. The van der Waals surface area contributed by atoms with Crippen molar-refractivity contribution in [1.82, 2.24) is 0 Å². The Kier molecular flexibility index (Phi) is 7.68. The summed E-state index contributed by atoms with van der Waals surface area (Å²) in [5.74, 6) is 0. The molecule has 2 aromatic heterocycles. The van der Waals surface area contributed by atoms with E-state index in [2.05, 4.69) is 204 Å². The number of thiophene rings is 1. The van der Waals surface area contributed by atoms with Crippen molar-refractivity contribution in [3.63, 3.8) is 0 Å². The molecule has 9 aromatic carbocycles. The van der Waals surface area contributed by atoms with Crippen molar-refractivity contribution in [2.24, 2.45) is 0 Å². The van der Waals surface area contributed by atoms with Crippen LogP contribution in [-0.4, -0.2) is 0 Å². The van der Waals surface area contributed by atoms with Crippen LogP contribution in [0.4, 0.5) is 34.1 Å². The number of nitrogens with zero attached hydrogens (tertiary/aromatic N) is 2. The SMILES string of the molecule is c1ccc(N(c2ccc(-c3ccc(N(c4ccccc4)c4cccc5c4oc4ccccc45)c4ccccc34)cc2)c2ccc3c(c2)sc2ccccc23)cc1. The van der Waals surface area contributed by atoms with E-state index in [0.29, 0.717) is 0 Å². The van der Waals surface area contributed by atoms with Crippen LogP contribution in [0.2, 0.25) is 0 Å². The van der Waals surface area contributed by atoms with Crippen LogP contribution >= 0.6 is 11.3 Å². The van der Waals surface area contributed by atoms with Gasteiger partial charge in [0.25, 0.3) is 0 Å². The number of hydrogen-bond donors (Lipinski definition) is 0. The molecule has 2 heterocycles. The molecule has 0 spiro atoms. The summed E-state index contributed by atoms with van der Waals surface area (Å²) >= 11 is 1.85. The molecule has 56 heavy (non-hydrogen) atoms. The van der Waals surface area contributed by atoms with Gasteiger partial charge in [-0.3, -0.25) is 0 Å². The fourth-order valence-electron chi connectivity index (χ4n) is 8.29. The lowest BCUT2D eigenvalue weighted by Crippen LogP contribution is -2.11. The topological polar surface area (TPSA) is 19.6 Å². The minimum absolute atomic E-state index is 0.871. The lowest BCUT2D eigenvalue weighted by Gasteiger charge is -2.27. The first-order valence-electron chi connectivity index (χ1n) is 18.9. The number of rotatable bonds is 7. The Morgan fingerprint density at radius 3 is 1.71 bits per heavy atom. The van der Waals surface area contributed by atoms with E-state index < -0.39 is 0 Å². The van der Waals surface area contributed by atoms with Crippen molar-refractivity contribution in [3.05, 3.63) is 206 Å². The maximum Gasteiger partial charge on any atom is 0.159 e. The molecule has 11 rings (SSSR count). The van der Waals surface area contributed by atoms with Crippen LogP contribution in [0, 0.1) is 0 Å². The molecule has 11 aromatic rings. The van der Waals surface area contributed by atoms with E-state index in [-0.39, 0.29) is 0 Å². The summed E-state index contributed by atoms with van der Waals surface area (Å²) in [7, 11) is 0. The Hall–Kier alpha value is -7.14. The summed E-state index contributed by atoms with van der Waals surface area (Å²) in [5.41, 5.74) is 10.6. The minimum Gasteiger partial charge on any atom is -0.454 e. The second kappa shape index (κ2) is 13.3. The van der Waals surface area contributed by atoms with E-state index in [9.17, 15) is 0 Å². The molecule has 0 radical (unpaired) electrons. The fraction of sp³-hybridized carbons (Fsp3) is 0. The second-order valence-corrected chi connectivity index (χ2v) is 15.2. The molecule has 0 bridgehead atoms. The van der Waals surface area contributed by atoms with Crippen molar-refractivity contribution >= 4 is 98.3 Å². The lowest BCUT2D eigenvalue weighted by molar-refractivity contribution is 0.669. The van der Waals surface area contributed by atoms with Gasteiger partial charge in [0.05, 0.1) is 11.4 Å². The number of hydrogen-bond acceptors (Lipinski definition) is 4. The van der Waals surface area contributed by atoms with Gasteiger partial charge in [0.2, 0.25) is 0 Å². The van der Waals surface area contributed by atoms with Crippen LogP contribution in [0.1, 0.15) is 0 Å². The minimum atomic E-state index is 0.871. The van der Waals surface area contributed by atoms with E-state index in [1.807, 2.05) is 23.5 Å². The summed E-state index contributed by atoms with van der Waals surface area (Å²) in [4.78, 5) is 4.69. The van der Waals surface area contributed by atoms with Crippen LogP contribution < -0.4 is 9.80 Å². The smallest absolute Gasteiger partial charge is 0.159 e. The fourth-order valence-corrected chi connectivity index (χ4v) is 9.43. The highest BCUT2D eigenvalue weighted by Crippen LogP contribution is 2.46. The molecule has 0 saturated heterocycles. The zero-order chi connectivity index (χ0) is 37.0. The van der Waals surface area contributed by atoms with E-state index in [1.54, 1.807) is 0 Å². The molecule has 0 N–H and O–H groups in total. The molecule has 3 nitrogen and oxygen atoms in total. The molecule has 264 valence electrons. The average molecular weight is 735 g/mol. The molecular formula is C52H34N2OS. The molecule has 0 unspecified atom stereocenters. The maximum atomic E-state index is 6.60. The van der Waals surface area contributed by atoms with Crippen LogP contribution in [0.15, 0.2) is 211 Å². The predicted molar refractivity (Wildman–Crippen MR) is 239 cm³/mol. The van der Waals surface area contributed by atoms with E-state index in [4.69, 9.17) is 4.42 Å². The number of anilines is 6. The third-order valence-corrected chi connectivity index (χ3v) is 12.0. The number of para-hydroxylation sites is 4. The Morgan fingerprint density at radius 2 is 0.929 bits per heavy atom. The van der Waals surface area contributed by atoms with Crippen molar-refractivity contribution < 1.29 is 4.42 Å². The average Bonchev–Trinajstić information content (AvgIpc) is 3.84. The maximum absolute atomic E-state index is 6.60. The van der Waals surface area contributed by atoms with E-state index >= 15 is 0 Å². The Morgan fingerprint density at radius 1 is 0.339 bits per heavy atom. The normalized spacial score (nSPS) is 11.6. The van der Waals surface area contributed by atoms with E-state index in [1.165, 1.54) is 31.1 Å². The van der Waals surface area contributed by atoms with Gasteiger partial charge in [-0.25, -0.2) is 0 Å². The highest BCUT2D eigenvalue weighted by atomic mass is 32.1. The van der Waals surface area contributed by atoms with Crippen molar-refractivity contribution in [2.45, 2.75) is 0 Å². The third kappa shape index (κ3) is 5.34. The Labute approximate surface area is 328 Å². The van der Waals surface area contributed by atoms with Gasteiger partial charge in [0.15, 0.2) is 5.58 Å². The van der Waals surface area contributed by atoms with Crippen LogP contribution in [0.5, 0.6) is 0 Å². The molecule has 0 aliphatic carbocycles. The van der Waals surface area contributed by atoms with Crippen LogP contribution in [0.25, 0.3) is 64.0 Å². The largest absolute Gasteiger partial charge is 0.454 e. The van der Waals surface area contributed by atoms with Gasteiger partial charge in [-0.15, -0.1) is 11.3 Å². The van der Waals surface area contributed by atoms with Crippen molar-refractivity contribution in [3.8, 4) is 11.1 Å². The summed E-state index contributed by atoms with van der Waals surface area (Å²) in [5, 5.41) is 7.18. The van der Waals surface area contributed by atoms with Crippen molar-refractivity contribution in [2.75, 3.05) is 9.80 Å². The molecule has 0 aliphatic rings. The molecule has 0 atom stereocenters. The molecule has 0 aliphatic heterocycles. The van der Waals surface area contributed by atoms with Crippen molar-refractivity contribution in [1.29, 1.82) is 0 Å². The highest BCUT2D eigenvalue weighted by molar-refractivity contribution is 7.25. The Bertz CT molecular complexity index is 3200. The highest BCUT2D eigenvalue weighted by Gasteiger charge is 2.22. The van der Waals surface area contributed by atoms with Gasteiger partial charge in [-0.05, 0) is 89.3 Å². The van der Waals surface area contributed by atoms with E-state index in [0.717, 1.165) is 67.0 Å². The van der Waals surface area contributed by atoms with Gasteiger partial charge in [-0.1, -0.05) is 133 Å². The first-order chi connectivity index (χ1) is 27.8. The molecule has 0 saturated carbocycles. The third-order valence-electron chi connectivity index (χ3n) is 10.9. The number of furan rings is 1. The standard InChI is InChI=1S/C52H34N2OS/c1-3-14-36(15-4-1)53(39-30-31-45-44-21-10-12-25-50(44)56-51(45)34-39)38-28-26-35(27-29-38)40-32-33-47(42-19-8-7-18-41(40)42)54(37-16-5-2-6-17-37)48-23-13-22-46-43-20-9-11-24-49(43)55-52(46)48/h1-34H. The van der Waals surface area contributed by atoms with Crippen LogP contribution in [-0.2, 0) is 0 Å². The van der Waals surface area contributed by atoms with Gasteiger partial charge in [-0.2, -0.15) is 0 Å². The van der Waals surface area contributed by atoms with Gasteiger partial charge in [0.1, 0.15) is 5.58 Å². The predicted octanol–water partition coefficient (Wildman–Crippen LogP) is 15.7. The van der Waals surface area contributed by atoms with Crippen LogP contribution in [0.3, 0.4) is 0 Å². The molecule has 4 heteroatoms. The quantitative estimate of drug-likeness (QED) is 0.163. The molecule has 0 amide bonds. The monoisotopic (exact) mass is 734 g/mol. The molecular weight excluding hydrogens is 701 g/mol. The van der Waals surface area contributed by atoms with Gasteiger partial charge >= 0.3 is 0 Å². The lowest BCUT2D eigenvalue weighted by atomic mass is 9.96. The number of fused-ring (bicyclic) bond motifs is 7. The summed E-state index contributed by atoms with van der Waals surface area (Å²) in [6.07, 6.45) is 0. The summed E-state index contributed by atoms with van der Waals surface area (Å²) in [6, 6.07) is 73.8. The first kappa shape index (κ1) is 32.3. The van der Waals surface area contributed by atoms with Gasteiger partial charge in [0, 0.05) is 59.1 Å². The second-order valence-electron chi connectivity index (χ2n) is 14.1. The molecule has 0 fully saturated rings. The first-order valence-corrected chi connectivity index (χ1v) is 19.7.